The van der Waals surface area contributed by atoms with Gasteiger partial charge in [-0.15, -0.1) is 0 Å². The van der Waals surface area contributed by atoms with Crippen molar-refractivity contribution in [2.24, 2.45) is 0 Å². The Morgan fingerprint density at radius 1 is 1.16 bits per heavy atom. The number of phenolic OH excluding ortho intramolecular Hbond substituents is 1. The molecule has 2 N–H and O–H groups in total. The lowest BCUT2D eigenvalue weighted by atomic mass is 10.0. The Morgan fingerprint density at radius 3 is 2.53 bits per heavy atom. The summed E-state index contributed by atoms with van der Waals surface area (Å²) in [6.45, 7) is 5.14. The molecule has 0 aromatic heterocycles. The van der Waals surface area contributed by atoms with E-state index in [0.717, 1.165) is 26.0 Å². The first kappa shape index (κ1) is 16.0. The maximum Gasteiger partial charge on any atom is 0.115 e. The van der Waals surface area contributed by atoms with E-state index < -0.39 is 0 Å². The number of benzene rings is 1. The minimum atomic E-state index is 0.310. The Labute approximate surface area is 115 Å². The van der Waals surface area contributed by atoms with Gasteiger partial charge in [0.05, 0.1) is 13.2 Å². The average Bonchev–Trinajstić information content (AvgIpc) is 2.43. The largest absolute Gasteiger partial charge is 0.508 e. The molecule has 0 amide bonds. The predicted octanol–water partition coefficient (Wildman–Crippen LogP) is 2.49. The van der Waals surface area contributed by atoms with Gasteiger partial charge in [0, 0.05) is 19.8 Å². The summed E-state index contributed by atoms with van der Waals surface area (Å²) in [4.78, 5) is 0. The highest BCUT2D eigenvalue weighted by Crippen LogP contribution is 2.19. The summed E-state index contributed by atoms with van der Waals surface area (Å²) in [5.41, 5.74) is 1.21. The van der Waals surface area contributed by atoms with Crippen molar-refractivity contribution in [2.45, 2.75) is 25.8 Å². The van der Waals surface area contributed by atoms with E-state index in [-0.39, 0.29) is 0 Å². The molecule has 0 saturated heterocycles. The highest BCUT2D eigenvalue weighted by atomic mass is 16.5. The molecule has 0 spiro atoms. The quantitative estimate of drug-likeness (QED) is 0.639. The summed E-state index contributed by atoms with van der Waals surface area (Å²) in [7, 11) is 1.68. The van der Waals surface area contributed by atoms with E-state index in [4.69, 9.17) is 9.47 Å². The molecule has 0 aliphatic rings. The molecule has 0 bridgehead atoms. The van der Waals surface area contributed by atoms with Gasteiger partial charge in [-0.2, -0.15) is 0 Å². The SMILES string of the molecule is CCC(NCCCOCCOC)c1ccc(O)cc1. The summed E-state index contributed by atoms with van der Waals surface area (Å²) >= 11 is 0. The molecule has 1 rings (SSSR count). The van der Waals surface area contributed by atoms with E-state index in [2.05, 4.69) is 12.2 Å². The van der Waals surface area contributed by atoms with Crippen molar-refractivity contribution in [1.29, 1.82) is 0 Å². The fourth-order valence-electron chi connectivity index (χ4n) is 1.90. The molecular weight excluding hydrogens is 242 g/mol. The Morgan fingerprint density at radius 2 is 1.89 bits per heavy atom. The van der Waals surface area contributed by atoms with Crippen LogP contribution in [0.4, 0.5) is 0 Å². The van der Waals surface area contributed by atoms with Gasteiger partial charge >= 0.3 is 0 Å². The fraction of sp³-hybridized carbons (Fsp3) is 0.600. The second-order valence-corrected chi connectivity index (χ2v) is 4.47. The topological polar surface area (TPSA) is 50.7 Å². The molecule has 4 nitrogen and oxygen atoms in total. The number of ether oxygens (including phenoxy) is 2. The lowest BCUT2D eigenvalue weighted by Crippen LogP contribution is -2.23. The summed E-state index contributed by atoms with van der Waals surface area (Å²) < 4.78 is 10.3. The summed E-state index contributed by atoms with van der Waals surface area (Å²) in [5.74, 6) is 0.310. The normalized spacial score (nSPS) is 12.5. The molecule has 1 aromatic rings. The van der Waals surface area contributed by atoms with Crippen molar-refractivity contribution in [2.75, 3.05) is 33.5 Å². The van der Waals surface area contributed by atoms with E-state index in [0.29, 0.717) is 25.0 Å². The first-order valence-corrected chi connectivity index (χ1v) is 6.87. The molecule has 1 atom stereocenters. The number of phenols is 1. The van der Waals surface area contributed by atoms with Crippen LogP contribution < -0.4 is 5.32 Å². The van der Waals surface area contributed by atoms with Crippen molar-refractivity contribution in [3.63, 3.8) is 0 Å². The van der Waals surface area contributed by atoms with Crippen LogP contribution in [0.25, 0.3) is 0 Å². The molecule has 0 aliphatic carbocycles. The summed E-state index contributed by atoms with van der Waals surface area (Å²) in [5, 5.41) is 12.8. The number of methoxy groups -OCH3 is 1. The zero-order valence-electron chi connectivity index (χ0n) is 11.9. The number of aromatic hydroxyl groups is 1. The molecule has 0 heterocycles. The first-order chi connectivity index (χ1) is 9.27. The smallest absolute Gasteiger partial charge is 0.115 e. The average molecular weight is 267 g/mol. The lowest BCUT2D eigenvalue weighted by Gasteiger charge is -2.17. The van der Waals surface area contributed by atoms with E-state index in [1.165, 1.54) is 5.56 Å². The van der Waals surface area contributed by atoms with Crippen molar-refractivity contribution < 1.29 is 14.6 Å². The van der Waals surface area contributed by atoms with Crippen LogP contribution in [-0.4, -0.2) is 38.6 Å². The van der Waals surface area contributed by atoms with E-state index in [1.807, 2.05) is 12.1 Å². The minimum absolute atomic E-state index is 0.310. The molecule has 1 aromatic carbocycles. The van der Waals surface area contributed by atoms with Crippen LogP contribution in [0.1, 0.15) is 31.4 Å². The molecule has 0 fully saturated rings. The van der Waals surface area contributed by atoms with Gasteiger partial charge in [-0.05, 0) is 37.1 Å². The van der Waals surface area contributed by atoms with Crippen LogP contribution in [0.3, 0.4) is 0 Å². The fourth-order valence-corrected chi connectivity index (χ4v) is 1.90. The summed E-state index contributed by atoms with van der Waals surface area (Å²) in [6.07, 6.45) is 2.01. The lowest BCUT2D eigenvalue weighted by molar-refractivity contribution is 0.0692. The zero-order valence-corrected chi connectivity index (χ0v) is 11.9. The third kappa shape index (κ3) is 6.57. The van der Waals surface area contributed by atoms with Gasteiger partial charge in [0.2, 0.25) is 0 Å². The predicted molar refractivity (Wildman–Crippen MR) is 76.5 cm³/mol. The Hall–Kier alpha value is -1.10. The van der Waals surface area contributed by atoms with Gasteiger partial charge in [0.15, 0.2) is 0 Å². The van der Waals surface area contributed by atoms with E-state index in [1.54, 1.807) is 19.2 Å². The van der Waals surface area contributed by atoms with Crippen LogP contribution in [0.2, 0.25) is 0 Å². The highest BCUT2D eigenvalue weighted by Gasteiger charge is 2.07. The zero-order chi connectivity index (χ0) is 13.9. The van der Waals surface area contributed by atoms with Crippen molar-refractivity contribution >= 4 is 0 Å². The first-order valence-electron chi connectivity index (χ1n) is 6.87. The number of hydrogen-bond donors (Lipinski definition) is 2. The minimum Gasteiger partial charge on any atom is -0.508 e. The third-order valence-electron chi connectivity index (χ3n) is 2.99. The van der Waals surface area contributed by atoms with Gasteiger partial charge in [-0.25, -0.2) is 0 Å². The van der Waals surface area contributed by atoms with Gasteiger partial charge in [-0.1, -0.05) is 19.1 Å². The Kier molecular flexibility index (Phi) is 8.21. The standard InChI is InChI=1S/C15H25NO3/c1-3-15(13-5-7-14(17)8-6-13)16-9-4-10-19-12-11-18-2/h5-8,15-17H,3-4,9-12H2,1-2H3. The van der Waals surface area contributed by atoms with Crippen molar-refractivity contribution in [3.05, 3.63) is 29.8 Å². The molecule has 1 unspecified atom stereocenters. The molecule has 0 radical (unpaired) electrons. The van der Waals surface area contributed by atoms with Crippen LogP contribution in [0, 0.1) is 0 Å². The molecule has 0 saturated carbocycles. The van der Waals surface area contributed by atoms with Gasteiger partial charge in [0.25, 0.3) is 0 Å². The van der Waals surface area contributed by atoms with Crippen molar-refractivity contribution in [3.8, 4) is 5.75 Å². The number of rotatable bonds is 10. The third-order valence-corrected chi connectivity index (χ3v) is 2.99. The molecule has 19 heavy (non-hydrogen) atoms. The van der Waals surface area contributed by atoms with E-state index in [9.17, 15) is 5.11 Å². The highest BCUT2D eigenvalue weighted by molar-refractivity contribution is 5.27. The van der Waals surface area contributed by atoms with Crippen LogP contribution in [-0.2, 0) is 9.47 Å². The number of hydrogen-bond acceptors (Lipinski definition) is 4. The second-order valence-electron chi connectivity index (χ2n) is 4.47. The molecule has 108 valence electrons. The second kappa shape index (κ2) is 9.78. The van der Waals surface area contributed by atoms with E-state index >= 15 is 0 Å². The van der Waals surface area contributed by atoms with Gasteiger partial charge < -0.3 is 19.9 Å². The monoisotopic (exact) mass is 267 g/mol. The Bertz CT molecular complexity index is 327. The van der Waals surface area contributed by atoms with Crippen molar-refractivity contribution in [1.82, 2.24) is 5.32 Å². The van der Waals surface area contributed by atoms with Gasteiger partial charge in [-0.3, -0.25) is 0 Å². The molecule has 4 heteroatoms. The van der Waals surface area contributed by atoms with Gasteiger partial charge in [0.1, 0.15) is 5.75 Å². The number of nitrogens with one attached hydrogen (secondary N) is 1. The molecular formula is C15H25NO3. The summed E-state index contributed by atoms with van der Waals surface area (Å²) in [6, 6.07) is 7.72. The maximum atomic E-state index is 9.28. The Balaban J connectivity index is 2.20. The van der Waals surface area contributed by atoms with Crippen LogP contribution in [0.15, 0.2) is 24.3 Å². The maximum absolute atomic E-state index is 9.28. The van der Waals surface area contributed by atoms with Crippen LogP contribution in [0.5, 0.6) is 5.75 Å². The molecule has 0 aliphatic heterocycles. The van der Waals surface area contributed by atoms with Crippen LogP contribution >= 0.6 is 0 Å².